The standard InChI is InChI=1S/C17H24Cl2N2O/c1-17(2,3)20-16(22)13-6-8-21(9-7-13)11-12-4-5-14(18)15(19)10-12/h4-5,10,13H,6-9,11H2,1-3H3,(H,20,22). The van der Waals surface area contributed by atoms with Gasteiger partial charge in [0.1, 0.15) is 0 Å². The lowest BCUT2D eigenvalue weighted by molar-refractivity contribution is -0.127. The van der Waals surface area contributed by atoms with Gasteiger partial charge < -0.3 is 5.32 Å². The molecular formula is C17H24Cl2N2O. The first-order valence-electron chi connectivity index (χ1n) is 7.73. The average molecular weight is 343 g/mol. The highest BCUT2D eigenvalue weighted by Crippen LogP contribution is 2.25. The second-order valence-corrected chi connectivity index (χ2v) is 7.85. The summed E-state index contributed by atoms with van der Waals surface area (Å²) in [5.74, 6) is 0.311. The van der Waals surface area contributed by atoms with Crippen molar-refractivity contribution in [3.63, 3.8) is 0 Å². The number of hydrogen-bond donors (Lipinski definition) is 1. The van der Waals surface area contributed by atoms with Crippen LogP contribution in [0.1, 0.15) is 39.2 Å². The summed E-state index contributed by atoms with van der Waals surface area (Å²) in [4.78, 5) is 14.6. The molecule has 0 saturated carbocycles. The van der Waals surface area contributed by atoms with Crippen molar-refractivity contribution in [1.29, 1.82) is 0 Å². The van der Waals surface area contributed by atoms with E-state index in [0.29, 0.717) is 10.0 Å². The zero-order valence-corrected chi connectivity index (χ0v) is 15.0. The van der Waals surface area contributed by atoms with Crippen molar-refractivity contribution in [3.05, 3.63) is 33.8 Å². The Kier molecular flexibility index (Phi) is 5.76. The Bertz CT molecular complexity index is 532. The third-order valence-electron chi connectivity index (χ3n) is 3.85. The third-order valence-corrected chi connectivity index (χ3v) is 4.59. The van der Waals surface area contributed by atoms with Crippen molar-refractivity contribution in [2.45, 2.75) is 45.7 Å². The number of carbonyl (C=O) groups excluding carboxylic acids is 1. The highest BCUT2D eigenvalue weighted by Gasteiger charge is 2.27. The fraction of sp³-hybridized carbons (Fsp3) is 0.588. The first-order chi connectivity index (χ1) is 10.2. The quantitative estimate of drug-likeness (QED) is 0.895. The maximum Gasteiger partial charge on any atom is 0.223 e. The van der Waals surface area contributed by atoms with Gasteiger partial charge in [-0.3, -0.25) is 9.69 Å². The van der Waals surface area contributed by atoms with Crippen LogP contribution in [0.15, 0.2) is 18.2 Å². The molecule has 1 fully saturated rings. The number of piperidine rings is 1. The van der Waals surface area contributed by atoms with Crippen molar-refractivity contribution >= 4 is 29.1 Å². The number of nitrogens with one attached hydrogen (secondary N) is 1. The van der Waals surface area contributed by atoms with Crippen LogP contribution in [0.5, 0.6) is 0 Å². The molecule has 122 valence electrons. The molecule has 1 heterocycles. The predicted octanol–water partition coefficient (Wildman–Crippen LogP) is 4.12. The number of amides is 1. The Morgan fingerprint density at radius 2 is 1.86 bits per heavy atom. The lowest BCUT2D eigenvalue weighted by atomic mass is 9.94. The van der Waals surface area contributed by atoms with Gasteiger partial charge in [0.15, 0.2) is 0 Å². The number of nitrogens with zero attached hydrogens (tertiary/aromatic N) is 1. The van der Waals surface area contributed by atoms with E-state index in [1.807, 2.05) is 39.0 Å². The molecule has 0 radical (unpaired) electrons. The SMILES string of the molecule is CC(C)(C)NC(=O)C1CCN(Cc2ccc(Cl)c(Cl)c2)CC1. The summed E-state index contributed by atoms with van der Waals surface area (Å²) < 4.78 is 0. The Hall–Kier alpha value is -0.770. The number of rotatable bonds is 3. The zero-order valence-electron chi connectivity index (χ0n) is 13.5. The predicted molar refractivity (Wildman–Crippen MR) is 92.4 cm³/mol. The van der Waals surface area contributed by atoms with Gasteiger partial charge in [0, 0.05) is 18.0 Å². The number of likely N-dealkylation sites (tertiary alicyclic amines) is 1. The highest BCUT2D eigenvalue weighted by molar-refractivity contribution is 6.42. The third kappa shape index (κ3) is 5.15. The maximum atomic E-state index is 12.2. The molecule has 22 heavy (non-hydrogen) atoms. The molecule has 2 rings (SSSR count). The molecule has 1 aromatic carbocycles. The van der Waals surface area contributed by atoms with E-state index in [0.717, 1.165) is 38.0 Å². The summed E-state index contributed by atoms with van der Waals surface area (Å²) in [6.07, 6.45) is 1.81. The molecule has 5 heteroatoms. The lowest BCUT2D eigenvalue weighted by Gasteiger charge is -2.33. The monoisotopic (exact) mass is 342 g/mol. The zero-order chi connectivity index (χ0) is 16.3. The molecule has 0 unspecified atom stereocenters. The van der Waals surface area contributed by atoms with Crippen molar-refractivity contribution in [3.8, 4) is 0 Å². The summed E-state index contributed by atoms with van der Waals surface area (Å²) in [7, 11) is 0. The van der Waals surface area contributed by atoms with Crippen LogP contribution in [0.2, 0.25) is 10.0 Å². The molecule has 0 atom stereocenters. The van der Waals surface area contributed by atoms with Gasteiger partial charge in [-0.15, -0.1) is 0 Å². The van der Waals surface area contributed by atoms with Crippen LogP contribution in [0.25, 0.3) is 0 Å². The maximum absolute atomic E-state index is 12.2. The molecule has 0 aromatic heterocycles. The van der Waals surface area contributed by atoms with Gasteiger partial charge in [0.05, 0.1) is 10.0 Å². The van der Waals surface area contributed by atoms with Gasteiger partial charge in [-0.25, -0.2) is 0 Å². The minimum absolute atomic E-state index is 0.129. The normalized spacial score (nSPS) is 17.5. The number of hydrogen-bond acceptors (Lipinski definition) is 2. The molecule has 1 aromatic rings. The smallest absolute Gasteiger partial charge is 0.223 e. The number of carbonyl (C=O) groups is 1. The summed E-state index contributed by atoms with van der Waals surface area (Å²) in [5.41, 5.74) is 1.00. The summed E-state index contributed by atoms with van der Waals surface area (Å²) in [6, 6.07) is 5.76. The van der Waals surface area contributed by atoms with Gasteiger partial charge >= 0.3 is 0 Å². The minimum Gasteiger partial charge on any atom is -0.351 e. The Labute approximate surface area is 143 Å². The Balaban J connectivity index is 1.84. The van der Waals surface area contributed by atoms with E-state index in [1.54, 1.807) is 0 Å². The fourth-order valence-electron chi connectivity index (χ4n) is 2.72. The molecule has 0 aliphatic carbocycles. The van der Waals surface area contributed by atoms with E-state index in [4.69, 9.17) is 23.2 Å². The lowest BCUT2D eigenvalue weighted by Crippen LogP contribution is -2.46. The molecule has 1 saturated heterocycles. The van der Waals surface area contributed by atoms with Crippen LogP contribution in [-0.2, 0) is 11.3 Å². The number of halogens is 2. The van der Waals surface area contributed by atoms with Gasteiger partial charge in [-0.1, -0.05) is 29.3 Å². The van der Waals surface area contributed by atoms with E-state index >= 15 is 0 Å². The van der Waals surface area contributed by atoms with Gasteiger partial charge in [-0.05, 0) is 64.4 Å². The van der Waals surface area contributed by atoms with E-state index in [2.05, 4.69) is 10.2 Å². The molecule has 0 spiro atoms. The molecule has 3 nitrogen and oxygen atoms in total. The molecular weight excluding hydrogens is 319 g/mol. The van der Waals surface area contributed by atoms with Gasteiger partial charge in [-0.2, -0.15) is 0 Å². The first-order valence-corrected chi connectivity index (χ1v) is 8.48. The topological polar surface area (TPSA) is 32.3 Å². The number of benzene rings is 1. The van der Waals surface area contributed by atoms with E-state index in [9.17, 15) is 4.79 Å². The molecule has 0 bridgehead atoms. The summed E-state index contributed by atoms with van der Waals surface area (Å²) in [6.45, 7) is 8.77. The van der Waals surface area contributed by atoms with Crippen molar-refractivity contribution < 1.29 is 4.79 Å². The van der Waals surface area contributed by atoms with Crippen LogP contribution < -0.4 is 5.32 Å². The van der Waals surface area contributed by atoms with Crippen molar-refractivity contribution in [2.24, 2.45) is 5.92 Å². The second-order valence-electron chi connectivity index (χ2n) is 7.04. The molecule has 1 N–H and O–H groups in total. The van der Waals surface area contributed by atoms with E-state index < -0.39 is 0 Å². The molecule has 1 amide bonds. The van der Waals surface area contributed by atoms with Crippen LogP contribution in [0.3, 0.4) is 0 Å². The molecule has 1 aliphatic heterocycles. The van der Waals surface area contributed by atoms with Crippen molar-refractivity contribution in [1.82, 2.24) is 10.2 Å². The largest absolute Gasteiger partial charge is 0.351 e. The summed E-state index contributed by atoms with van der Waals surface area (Å²) in [5, 5.41) is 4.26. The fourth-order valence-corrected chi connectivity index (χ4v) is 3.04. The minimum atomic E-state index is -0.158. The van der Waals surface area contributed by atoms with Gasteiger partial charge in [0.25, 0.3) is 0 Å². The Morgan fingerprint density at radius 1 is 1.23 bits per heavy atom. The van der Waals surface area contributed by atoms with E-state index in [1.165, 1.54) is 0 Å². The molecule has 1 aliphatic rings. The van der Waals surface area contributed by atoms with Crippen LogP contribution in [-0.4, -0.2) is 29.4 Å². The summed E-state index contributed by atoms with van der Waals surface area (Å²) >= 11 is 12.0. The average Bonchev–Trinajstić information content (AvgIpc) is 2.42. The van der Waals surface area contributed by atoms with Gasteiger partial charge in [0.2, 0.25) is 5.91 Å². The Morgan fingerprint density at radius 3 is 2.41 bits per heavy atom. The van der Waals surface area contributed by atoms with Crippen molar-refractivity contribution in [2.75, 3.05) is 13.1 Å². The first kappa shape index (κ1) is 17.6. The second kappa shape index (κ2) is 7.20. The highest BCUT2D eigenvalue weighted by atomic mass is 35.5. The van der Waals surface area contributed by atoms with Crippen LogP contribution >= 0.6 is 23.2 Å². The van der Waals surface area contributed by atoms with Crippen LogP contribution in [0, 0.1) is 5.92 Å². The van der Waals surface area contributed by atoms with E-state index in [-0.39, 0.29) is 17.4 Å². The van der Waals surface area contributed by atoms with Crippen LogP contribution in [0.4, 0.5) is 0 Å².